The summed E-state index contributed by atoms with van der Waals surface area (Å²) in [4.78, 5) is 2.34. The van der Waals surface area contributed by atoms with Gasteiger partial charge < -0.3 is 14.7 Å². The second-order valence-electron chi connectivity index (χ2n) is 10.7. The van der Waals surface area contributed by atoms with E-state index in [1.54, 1.807) is 17.5 Å². The van der Waals surface area contributed by atoms with Crippen molar-refractivity contribution < 1.29 is 18.3 Å². The summed E-state index contributed by atoms with van der Waals surface area (Å²) in [6.45, 7) is 3.11. The highest BCUT2D eigenvalue weighted by atomic mass is 32.2. The fourth-order valence-corrected chi connectivity index (χ4v) is 6.62. The lowest BCUT2D eigenvalue weighted by atomic mass is 9.97. The van der Waals surface area contributed by atoms with Crippen molar-refractivity contribution >= 4 is 15.7 Å². The molecular weight excluding hydrogens is 520 g/mol. The minimum Gasteiger partial charge on any atom is -0.497 e. The number of benzene rings is 3. The Labute approximate surface area is 241 Å². The van der Waals surface area contributed by atoms with E-state index >= 15 is 0 Å². The minimum absolute atomic E-state index is 0.193. The zero-order chi connectivity index (χ0) is 29.0. The van der Waals surface area contributed by atoms with Crippen molar-refractivity contribution in [3.05, 3.63) is 89.5 Å². The van der Waals surface area contributed by atoms with Gasteiger partial charge in [0.15, 0.2) is 0 Å². The molecule has 0 bridgehead atoms. The maximum atomic E-state index is 14.3. The average Bonchev–Trinajstić information content (AvgIpc) is 2.96. The van der Waals surface area contributed by atoms with Gasteiger partial charge in [0.05, 0.1) is 12.0 Å². The monoisotopic (exact) mass is 566 g/mol. The standard InChI is InChI=1S/C33H46N2O4S/c1-5-6-12-29(26-36)15-10-11-22-35(25-28-13-8-7-9-14-28)40(37,38)33-21-18-31(34(2)3)24-30(33)23-27-16-19-32(39-4)20-17-27/h7-9,13-14,16-21,24,29,36H,5-6,10-12,15,22-23,25-26H2,1-4H3. The molecule has 1 unspecified atom stereocenters. The smallest absolute Gasteiger partial charge is 0.243 e. The molecule has 0 aliphatic heterocycles. The van der Waals surface area contributed by atoms with E-state index in [4.69, 9.17) is 4.74 Å². The predicted molar refractivity (Wildman–Crippen MR) is 165 cm³/mol. The predicted octanol–water partition coefficient (Wildman–Crippen LogP) is 6.51. The molecule has 0 spiro atoms. The number of aliphatic hydroxyl groups is 1. The fourth-order valence-electron chi connectivity index (χ4n) is 4.95. The van der Waals surface area contributed by atoms with Crippen molar-refractivity contribution in [1.29, 1.82) is 0 Å². The van der Waals surface area contributed by atoms with Crippen LogP contribution in [0.4, 0.5) is 5.69 Å². The zero-order valence-electron chi connectivity index (χ0n) is 24.6. The average molecular weight is 567 g/mol. The second-order valence-corrected chi connectivity index (χ2v) is 12.6. The summed E-state index contributed by atoms with van der Waals surface area (Å²) < 4.78 is 35.5. The van der Waals surface area contributed by atoms with Gasteiger partial charge in [0.1, 0.15) is 5.75 Å². The number of sulfonamides is 1. The van der Waals surface area contributed by atoms with Gasteiger partial charge in [0.25, 0.3) is 0 Å². The highest BCUT2D eigenvalue weighted by Crippen LogP contribution is 2.29. The normalized spacial score (nSPS) is 12.4. The van der Waals surface area contributed by atoms with E-state index in [1.165, 1.54) is 0 Å². The maximum absolute atomic E-state index is 14.3. The number of anilines is 1. The van der Waals surface area contributed by atoms with Crippen LogP contribution in [0, 0.1) is 5.92 Å². The third kappa shape index (κ3) is 9.08. The third-order valence-corrected chi connectivity index (χ3v) is 9.37. The van der Waals surface area contributed by atoms with Crippen molar-refractivity contribution in [2.24, 2.45) is 5.92 Å². The quantitative estimate of drug-likeness (QED) is 0.189. The van der Waals surface area contributed by atoms with Crippen LogP contribution in [0.2, 0.25) is 0 Å². The topological polar surface area (TPSA) is 70.1 Å². The molecule has 0 aliphatic rings. The number of unbranched alkanes of at least 4 members (excludes halogenated alkanes) is 2. The van der Waals surface area contributed by atoms with Gasteiger partial charge in [0, 0.05) is 39.5 Å². The maximum Gasteiger partial charge on any atom is 0.243 e. The van der Waals surface area contributed by atoms with Crippen LogP contribution in [0.5, 0.6) is 5.75 Å². The lowest BCUT2D eigenvalue weighted by Gasteiger charge is -2.25. The minimum atomic E-state index is -3.79. The molecule has 3 rings (SSSR count). The fraction of sp³-hybridized carbons (Fsp3) is 0.455. The summed E-state index contributed by atoms with van der Waals surface area (Å²) in [7, 11) is 1.77. The summed E-state index contributed by atoms with van der Waals surface area (Å²) in [6, 6.07) is 23.2. The first kappa shape index (κ1) is 31.7. The summed E-state index contributed by atoms with van der Waals surface area (Å²) in [5.41, 5.74) is 3.71. The van der Waals surface area contributed by atoms with Crippen LogP contribution in [0.1, 0.15) is 62.1 Å². The van der Waals surface area contributed by atoms with Gasteiger partial charge in [-0.25, -0.2) is 8.42 Å². The Kier molecular flexibility index (Phi) is 12.5. The van der Waals surface area contributed by atoms with Gasteiger partial charge in [-0.3, -0.25) is 0 Å². The third-order valence-electron chi connectivity index (χ3n) is 7.43. The number of hydrogen-bond donors (Lipinski definition) is 1. The summed E-state index contributed by atoms with van der Waals surface area (Å²) in [6.07, 6.45) is 6.29. The number of rotatable bonds is 17. The Bertz CT molecular complexity index is 1260. The number of hydrogen-bond acceptors (Lipinski definition) is 5. The molecule has 0 aliphatic carbocycles. The Balaban J connectivity index is 1.90. The molecule has 1 N–H and O–H groups in total. The molecule has 40 heavy (non-hydrogen) atoms. The molecule has 0 amide bonds. The van der Waals surface area contributed by atoms with E-state index in [2.05, 4.69) is 6.92 Å². The highest BCUT2D eigenvalue weighted by Gasteiger charge is 2.27. The zero-order valence-corrected chi connectivity index (χ0v) is 25.4. The Morgan fingerprint density at radius 2 is 1.57 bits per heavy atom. The number of methoxy groups -OCH3 is 1. The first-order valence-corrected chi connectivity index (χ1v) is 15.8. The first-order chi connectivity index (χ1) is 19.3. The summed E-state index contributed by atoms with van der Waals surface area (Å²) in [5.74, 6) is 1.06. The van der Waals surface area contributed by atoms with Crippen molar-refractivity contribution in [2.75, 3.05) is 39.3 Å². The van der Waals surface area contributed by atoms with Crippen molar-refractivity contribution in [3.63, 3.8) is 0 Å². The van der Waals surface area contributed by atoms with Crippen LogP contribution >= 0.6 is 0 Å². The van der Waals surface area contributed by atoms with Crippen molar-refractivity contribution in [2.45, 2.75) is 63.3 Å². The lowest BCUT2D eigenvalue weighted by Crippen LogP contribution is -2.32. The first-order valence-electron chi connectivity index (χ1n) is 14.4. The van der Waals surface area contributed by atoms with Crippen molar-refractivity contribution in [3.8, 4) is 5.75 Å². The molecule has 3 aromatic rings. The molecule has 0 saturated heterocycles. The van der Waals surface area contributed by atoms with Crippen molar-refractivity contribution in [1.82, 2.24) is 4.31 Å². The van der Waals surface area contributed by atoms with Gasteiger partial charge in [-0.15, -0.1) is 0 Å². The Morgan fingerprint density at radius 1 is 0.875 bits per heavy atom. The summed E-state index contributed by atoms with van der Waals surface area (Å²) in [5, 5.41) is 9.76. The van der Waals surface area contributed by atoms with E-state index in [0.717, 1.165) is 66.7 Å². The SMILES string of the molecule is CCCCC(CO)CCCCN(Cc1ccccc1)S(=O)(=O)c1ccc(N(C)C)cc1Cc1ccc(OC)cc1. The Hall–Kier alpha value is -2.87. The van der Waals surface area contributed by atoms with Crippen LogP contribution in [-0.4, -0.2) is 52.2 Å². The molecule has 6 nitrogen and oxygen atoms in total. The number of aliphatic hydroxyl groups excluding tert-OH is 1. The molecule has 218 valence electrons. The van der Waals surface area contributed by atoms with Crippen LogP contribution in [0.3, 0.4) is 0 Å². The van der Waals surface area contributed by atoms with E-state index in [-0.39, 0.29) is 12.5 Å². The lowest BCUT2D eigenvalue weighted by molar-refractivity contribution is 0.204. The van der Waals surface area contributed by atoms with Gasteiger partial charge in [-0.2, -0.15) is 4.31 Å². The number of ether oxygens (including phenoxy) is 1. The Morgan fingerprint density at radius 3 is 2.20 bits per heavy atom. The molecule has 0 radical (unpaired) electrons. The molecule has 7 heteroatoms. The molecular formula is C33H46N2O4S. The molecule has 3 aromatic carbocycles. The van der Waals surface area contributed by atoms with Gasteiger partial charge in [-0.05, 0) is 78.6 Å². The molecule has 1 atom stereocenters. The summed E-state index contributed by atoms with van der Waals surface area (Å²) >= 11 is 0. The molecule has 0 fully saturated rings. The highest BCUT2D eigenvalue weighted by molar-refractivity contribution is 7.89. The molecule has 0 aromatic heterocycles. The van der Waals surface area contributed by atoms with Gasteiger partial charge in [0.2, 0.25) is 10.0 Å². The van der Waals surface area contributed by atoms with E-state index in [1.807, 2.05) is 85.7 Å². The van der Waals surface area contributed by atoms with E-state index in [9.17, 15) is 13.5 Å². The largest absolute Gasteiger partial charge is 0.497 e. The molecule has 0 heterocycles. The van der Waals surface area contributed by atoms with Crippen LogP contribution < -0.4 is 9.64 Å². The van der Waals surface area contributed by atoms with Crippen LogP contribution in [0.15, 0.2) is 77.7 Å². The second kappa shape index (κ2) is 15.8. The van der Waals surface area contributed by atoms with Crippen LogP contribution in [-0.2, 0) is 23.0 Å². The molecule has 0 saturated carbocycles. The van der Waals surface area contributed by atoms with Crippen LogP contribution in [0.25, 0.3) is 0 Å². The van der Waals surface area contributed by atoms with E-state index in [0.29, 0.717) is 24.4 Å². The van der Waals surface area contributed by atoms with Gasteiger partial charge in [-0.1, -0.05) is 68.7 Å². The van der Waals surface area contributed by atoms with E-state index < -0.39 is 10.0 Å². The number of nitrogens with zero attached hydrogens (tertiary/aromatic N) is 2. The van der Waals surface area contributed by atoms with Gasteiger partial charge >= 0.3 is 0 Å².